The van der Waals surface area contributed by atoms with Crippen molar-refractivity contribution in [2.75, 3.05) is 31.1 Å². The molecule has 1 aromatic heterocycles. The van der Waals surface area contributed by atoms with Crippen molar-refractivity contribution < 1.29 is 18.0 Å². The third kappa shape index (κ3) is 3.34. The number of rotatable bonds is 2. The van der Waals surface area contributed by atoms with Crippen LogP contribution in [0.3, 0.4) is 0 Å². The van der Waals surface area contributed by atoms with Gasteiger partial charge in [0, 0.05) is 31.9 Å². The number of halogens is 3. The van der Waals surface area contributed by atoms with Crippen molar-refractivity contribution in [2.45, 2.75) is 6.18 Å². The van der Waals surface area contributed by atoms with Gasteiger partial charge >= 0.3 is 6.18 Å². The van der Waals surface area contributed by atoms with Crippen LogP contribution in [0.15, 0.2) is 41.8 Å². The van der Waals surface area contributed by atoms with E-state index in [1.54, 1.807) is 21.9 Å². The van der Waals surface area contributed by atoms with E-state index in [1.807, 2.05) is 11.4 Å². The first-order valence-corrected chi connectivity index (χ1v) is 8.09. The van der Waals surface area contributed by atoms with Crippen molar-refractivity contribution in [3.05, 3.63) is 52.2 Å². The van der Waals surface area contributed by atoms with Gasteiger partial charge in [-0.15, -0.1) is 11.3 Å². The summed E-state index contributed by atoms with van der Waals surface area (Å²) in [6.45, 7) is 1.63. The smallest absolute Gasteiger partial charge is 0.367 e. The highest BCUT2D eigenvalue weighted by Gasteiger charge is 2.35. The van der Waals surface area contributed by atoms with Crippen molar-refractivity contribution in [1.82, 2.24) is 4.90 Å². The molecule has 7 heteroatoms. The third-order valence-electron chi connectivity index (χ3n) is 3.85. The minimum absolute atomic E-state index is 0.0521. The molecule has 3 nitrogen and oxygen atoms in total. The minimum atomic E-state index is -4.37. The third-order valence-corrected chi connectivity index (χ3v) is 4.71. The maximum absolute atomic E-state index is 13.1. The molecule has 1 amide bonds. The maximum atomic E-state index is 13.1. The lowest BCUT2D eigenvalue weighted by molar-refractivity contribution is -0.137. The number of thiophene rings is 1. The van der Waals surface area contributed by atoms with E-state index in [2.05, 4.69) is 0 Å². The van der Waals surface area contributed by atoms with E-state index >= 15 is 0 Å². The molecule has 0 N–H and O–H groups in total. The van der Waals surface area contributed by atoms with Crippen LogP contribution in [0.1, 0.15) is 15.2 Å². The normalized spacial score (nSPS) is 15.8. The highest BCUT2D eigenvalue weighted by atomic mass is 32.1. The lowest BCUT2D eigenvalue weighted by Gasteiger charge is -2.37. The number of hydrogen-bond acceptors (Lipinski definition) is 3. The Morgan fingerprint density at radius 1 is 1.00 bits per heavy atom. The average Bonchev–Trinajstić information content (AvgIpc) is 3.08. The summed E-state index contributed by atoms with van der Waals surface area (Å²) in [6.07, 6.45) is -4.37. The summed E-state index contributed by atoms with van der Waals surface area (Å²) < 4.78 is 39.3. The molecule has 3 rings (SSSR count). The monoisotopic (exact) mass is 340 g/mol. The number of para-hydroxylation sites is 1. The van der Waals surface area contributed by atoms with Gasteiger partial charge in [0.05, 0.1) is 10.4 Å². The van der Waals surface area contributed by atoms with E-state index in [-0.39, 0.29) is 11.6 Å². The maximum Gasteiger partial charge on any atom is 0.418 e. The predicted molar refractivity (Wildman–Crippen MR) is 83.9 cm³/mol. The van der Waals surface area contributed by atoms with Crippen molar-refractivity contribution in [3.8, 4) is 0 Å². The number of alkyl halides is 3. The lowest BCUT2D eigenvalue weighted by Crippen LogP contribution is -2.49. The van der Waals surface area contributed by atoms with Gasteiger partial charge in [-0.1, -0.05) is 18.2 Å². The van der Waals surface area contributed by atoms with Crippen molar-refractivity contribution in [3.63, 3.8) is 0 Å². The first kappa shape index (κ1) is 15.9. The summed E-state index contributed by atoms with van der Waals surface area (Å²) >= 11 is 1.37. The molecule has 0 spiro atoms. The van der Waals surface area contributed by atoms with Gasteiger partial charge in [0.25, 0.3) is 5.91 Å². The molecule has 0 unspecified atom stereocenters. The fraction of sp³-hybridized carbons (Fsp3) is 0.312. The first-order chi connectivity index (χ1) is 11.0. The zero-order valence-electron chi connectivity index (χ0n) is 12.2. The minimum Gasteiger partial charge on any atom is -0.367 e. The van der Waals surface area contributed by atoms with Gasteiger partial charge in [0.2, 0.25) is 0 Å². The van der Waals surface area contributed by atoms with Crippen LogP contribution >= 0.6 is 11.3 Å². The Morgan fingerprint density at radius 3 is 2.30 bits per heavy atom. The van der Waals surface area contributed by atoms with E-state index < -0.39 is 11.7 Å². The number of nitrogens with zero attached hydrogens (tertiary/aromatic N) is 2. The molecule has 122 valence electrons. The largest absolute Gasteiger partial charge is 0.418 e. The topological polar surface area (TPSA) is 23.6 Å². The molecule has 0 atom stereocenters. The molecule has 0 aliphatic carbocycles. The van der Waals surface area contributed by atoms with Gasteiger partial charge in [-0.2, -0.15) is 13.2 Å². The van der Waals surface area contributed by atoms with Gasteiger partial charge in [-0.25, -0.2) is 0 Å². The molecule has 23 heavy (non-hydrogen) atoms. The second-order valence-electron chi connectivity index (χ2n) is 5.27. The molecule has 0 saturated carbocycles. The second kappa shape index (κ2) is 6.23. The zero-order valence-corrected chi connectivity index (χ0v) is 13.0. The fourth-order valence-electron chi connectivity index (χ4n) is 2.70. The summed E-state index contributed by atoms with van der Waals surface area (Å²) in [7, 11) is 0. The summed E-state index contributed by atoms with van der Waals surface area (Å²) in [5, 5.41) is 1.84. The molecule has 0 bridgehead atoms. The van der Waals surface area contributed by atoms with E-state index in [0.29, 0.717) is 31.1 Å². The number of piperazine rings is 1. The van der Waals surface area contributed by atoms with Gasteiger partial charge in [0.1, 0.15) is 0 Å². The van der Waals surface area contributed by atoms with E-state index in [1.165, 1.54) is 23.5 Å². The van der Waals surface area contributed by atoms with Crippen LogP contribution in [-0.2, 0) is 6.18 Å². The number of amides is 1. The van der Waals surface area contributed by atoms with Crippen LogP contribution in [0.4, 0.5) is 18.9 Å². The number of benzene rings is 1. The van der Waals surface area contributed by atoms with E-state index in [0.717, 1.165) is 6.07 Å². The van der Waals surface area contributed by atoms with Crippen molar-refractivity contribution >= 4 is 22.9 Å². The van der Waals surface area contributed by atoms with Crippen LogP contribution in [-0.4, -0.2) is 37.0 Å². The Labute approximate surface area is 135 Å². The average molecular weight is 340 g/mol. The quantitative estimate of drug-likeness (QED) is 0.832. The fourth-order valence-corrected chi connectivity index (χ4v) is 3.39. The SMILES string of the molecule is O=C(c1cccs1)N1CCN(c2ccccc2C(F)(F)F)CC1. The van der Waals surface area contributed by atoms with Crippen molar-refractivity contribution in [1.29, 1.82) is 0 Å². The number of hydrogen-bond donors (Lipinski definition) is 0. The Morgan fingerprint density at radius 2 is 1.70 bits per heavy atom. The van der Waals surface area contributed by atoms with Crippen molar-refractivity contribution in [2.24, 2.45) is 0 Å². The lowest BCUT2D eigenvalue weighted by atomic mass is 10.1. The Bertz CT molecular complexity index is 677. The number of carbonyl (C=O) groups is 1. The molecular weight excluding hydrogens is 325 g/mol. The predicted octanol–water partition coefficient (Wildman–Crippen LogP) is 3.73. The van der Waals surface area contributed by atoms with Crippen LogP contribution in [0, 0.1) is 0 Å². The van der Waals surface area contributed by atoms with E-state index in [4.69, 9.17) is 0 Å². The molecule has 1 fully saturated rings. The van der Waals surface area contributed by atoms with E-state index in [9.17, 15) is 18.0 Å². The standard InChI is InChI=1S/C16H15F3N2OS/c17-16(18,19)12-4-1-2-5-13(12)20-7-9-21(10-8-20)15(22)14-6-3-11-23-14/h1-6,11H,7-10H2. The molecule has 1 saturated heterocycles. The number of anilines is 1. The molecule has 0 radical (unpaired) electrons. The summed E-state index contributed by atoms with van der Waals surface area (Å²) in [4.78, 5) is 16.3. The Balaban J connectivity index is 1.72. The molecule has 1 aliphatic heterocycles. The molecule has 1 aromatic carbocycles. The van der Waals surface area contributed by atoms with Gasteiger partial charge in [-0.3, -0.25) is 4.79 Å². The van der Waals surface area contributed by atoms with Crippen LogP contribution in [0.5, 0.6) is 0 Å². The summed E-state index contributed by atoms with van der Waals surface area (Å²) in [5.41, 5.74) is -0.443. The summed E-state index contributed by atoms with van der Waals surface area (Å²) in [6, 6.07) is 9.15. The van der Waals surface area contributed by atoms with Gasteiger partial charge in [-0.05, 0) is 23.6 Å². The molecule has 2 aromatic rings. The highest BCUT2D eigenvalue weighted by Crippen LogP contribution is 2.36. The van der Waals surface area contributed by atoms with Crippen LogP contribution in [0.2, 0.25) is 0 Å². The van der Waals surface area contributed by atoms with Crippen LogP contribution in [0.25, 0.3) is 0 Å². The number of carbonyl (C=O) groups excluding carboxylic acids is 1. The molecule has 1 aliphatic rings. The highest BCUT2D eigenvalue weighted by molar-refractivity contribution is 7.12. The second-order valence-corrected chi connectivity index (χ2v) is 6.22. The van der Waals surface area contributed by atoms with Crippen LogP contribution < -0.4 is 4.90 Å². The van der Waals surface area contributed by atoms with Gasteiger partial charge < -0.3 is 9.80 Å². The first-order valence-electron chi connectivity index (χ1n) is 7.21. The zero-order chi connectivity index (χ0) is 16.4. The Kier molecular flexibility index (Phi) is 4.30. The van der Waals surface area contributed by atoms with Gasteiger partial charge in [0.15, 0.2) is 0 Å². The molecule has 2 heterocycles. The molecular formula is C16H15F3N2OS. The summed E-state index contributed by atoms with van der Waals surface area (Å²) in [5.74, 6) is -0.0521. The Hall–Kier alpha value is -2.02.